The van der Waals surface area contributed by atoms with Crippen molar-refractivity contribution in [3.05, 3.63) is 35.9 Å². The van der Waals surface area contributed by atoms with Crippen LogP contribution in [-0.2, 0) is 30.5 Å². The van der Waals surface area contributed by atoms with Gasteiger partial charge in [-0.15, -0.1) is 0 Å². The summed E-state index contributed by atoms with van der Waals surface area (Å²) in [6, 6.07) is 9.72. The molecule has 0 aliphatic carbocycles. The van der Waals surface area contributed by atoms with E-state index in [1.165, 1.54) is 7.11 Å². The summed E-state index contributed by atoms with van der Waals surface area (Å²) >= 11 is 0. The molecule has 0 spiro atoms. The molecule has 0 amide bonds. The summed E-state index contributed by atoms with van der Waals surface area (Å²) in [5.74, 6) is -0.987. The summed E-state index contributed by atoms with van der Waals surface area (Å²) in [4.78, 5) is 32.7. The first-order chi connectivity index (χ1) is 14.6. The van der Waals surface area contributed by atoms with Crippen LogP contribution in [-0.4, -0.2) is 30.1 Å². The van der Waals surface area contributed by atoms with E-state index in [1.807, 2.05) is 78.8 Å². The highest BCUT2D eigenvalue weighted by Gasteiger charge is 2.27. The van der Waals surface area contributed by atoms with Crippen molar-refractivity contribution in [1.82, 2.24) is 0 Å². The number of carboxylic acids is 1. The minimum absolute atomic E-state index is 0. The Morgan fingerprint density at radius 1 is 0.595 bits per heavy atom. The molecule has 42 heavy (non-hydrogen) atoms. The first-order valence-corrected chi connectivity index (χ1v) is 11.1. The predicted octanol–water partition coefficient (Wildman–Crippen LogP) is 12.6. The first-order valence-electron chi connectivity index (χ1n) is 11.1. The smallest absolute Gasteiger partial charge is 0.311 e. The molecule has 0 radical (unpaired) electrons. The first kappa shape index (κ1) is 77.5. The summed E-state index contributed by atoms with van der Waals surface area (Å²) in [5.41, 5.74) is -0.207. The van der Waals surface area contributed by atoms with Crippen molar-refractivity contribution in [2.75, 3.05) is 7.11 Å². The Kier molecular flexibility index (Phi) is 67.6. The van der Waals surface area contributed by atoms with Crippen molar-refractivity contribution in [3.8, 4) is 0 Å². The molecule has 0 aliphatic rings. The second-order valence-electron chi connectivity index (χ2n) is 9.57. The Bertz CT molecular complexity index is 692. The normalized spacial score (nSPS) is 8.52. The second kappa shape index (κ2) is 36.7. The fraction of sp³-hybridized carbons (Fsp3) is 0.750. The number of hydrogen-bond acceptors (Lipinski definition) is 5. The van der Waals surface area contributed by atoms with Crippen LogP contribution in [0.3, 0.4) is 0 Å². The van der Waals surface area contributed by atoms with Crippen LogP contribution in [0.15, 0.2) is 30.3 Å². The molecule has 1 N–H and O–H groups in total. The molecule has 264 valence electrons. The number of aliphatic carboxylic acids is 1. The fourth-order valence-electron chi connectivity index (χ4n) is 1.63. The monoisotopic (exact) mass is 613 g/mol. The number of hydrogen-bond donors (Lipinski definition) is 1. The van der Waals surface area contributed by atoms with E-state index in [1.54, 1.807) is 13.8 Å². The van der Waals surface area contributed by atoms with Gasteiger partial charge < -0.3 is 14.6 Å². The number of carboxylic acid groups (broad SMARTS) is 1. The van der Waals surface area contributed by atoms with Gasteiger partial charge in [0.25, 0.3) is 0 Å². The van der Waals surface area contributed by atoms with Crippen LogP contribution in [0, 0.1) is 16.2 Å². The van der Waals surface area contributed by atoms with Crippen molar-refractivity contribution >= 4 is 17.9 Å². The molecule has 0 unspecified atom stereocenters. The summed E-state index contributed by atoms with van der Waals surface area (Å²) in [6.07, 6.45) is 2.29. The van der Waals surface area contributed by atoms with E-state index < -0.39 is 11.4 Å². The van der Waals surface area contributed by atoms with E-state index in [9.17, 15) is 14.4 Å². The number of carbonyl (C=O) groups is 3. The Morgan fingerprint density at radius 3 is 1.12 bits per heavy atom. The van der Waals surface area contributed by atoms with Crippen molar-refractivity contribution in [1.29, 1.82) is 0 Å². The maximum absolute atomic E-state index is 11.6. The Labute approximate surface area is 268 Å². The lowest BCUT2D eigenvalue weighted by molar-refractivity contribution is -0.155. The van der Waals surface area contributed by atoms with Gasteiger partial charge in [-0.2, -0.15) is 0 Å². The third-order valence-electron chi connectivity index (χ3n) is 5.73. The lowest BCUT2D eigenvalue weighted by atomic mass is 9.91. The molecule has 1 aromatic carbocycles. The van der Waals surface area contributed by atoms with E-state index in [0.717, 1.165) is 18.4 Å². The van der Waals surface area contributed by atoms with Crippen molar-refractivity contribution < 1.29 is 29.0 Å². The Morgan fingerprint density at radius 2 is 0.905 bits per heavy atom. The van der Waals surface area contributed by atoms with Gasteiger partial charge in [-0.3, -0.25) is 14.4 Å². The van der Waals surface area contributed by atoms with Crippen LogP contribution in [0.4, 0.5) is 0 Å². The molecular formula is C36H84O6. The molecule has 1 aromatic rings. The van der Waals surface area contributed by atoms with E-state index >= 15 is 0 Å². The third-order valence-corrected chi connectivity index (χ3v) is 5.73. The summed E-state index contributed by atoms with van der Waals surface area (Å²) in [5, 5.41) is 8.44. The van der Waals surface area contributed by atoms with Gasteiger partial charge in [-0.1, -0.05) is 125 Å². The largest absolute Gasteiger partial charge is 0.481 e. The van der Waals surface area contributed by atoms with E-state index in [-0.39, 0.29) is 97.0 Å². The van der Waals surface area contributed by atoms with Gasteiger partial charge >= 0.3 is 17.9 Å². The minimum Gasteiger partial charge on any atom is -0.481 e. The zero-order valence-corrected chi connectivity index (χ0v) is 21.7. The quantitative estimate of drug-likeness (QED) is 0.294. The number of rotatable bonds is 8. The van der Waals surface area contributed by atoms with Gasteiger partial charge in [-0.05, 0) is 66.4 Å². The van der Waals surface area contributed by atoms with E-state index in [2.05, 4.69) is 4.74 Å². The number of methoxy groups -OCH3 is 1. The molecule has 0 fully saturated rings. The summed E-state index contributed by atoms with van der Waals surface area (Å²) in [6.45, 7) is 17.2. The molecule has 0 atom stereocenters. The number of carbonyl (C=O) groups excluding carboxylic acids is 2. The average Bonchev–Trinajstić information content (AvgIpc) is 2.78. The molecule has 1 rings (SSSR count). The lowest BCUT2D eigenvalue weighted by Crippen LogP contribution is -2.25. The zero-order valence-electron chi connectivity index (χ0n) is 21.7. The van der Waals surface area contributed by atoms with Crippen LogP contribution >= 0.6 is 0 Å². The average molecular weight is 613 g/mol. The maximum atomic E-state index is 11.6. The zero-order chi connectivity index (χ0) is 25.6. The molecule has 6 nitrogen and oxygen atoms in total. The number of esters is 2. The van der Waals surface area contributed by atoms with Crippen molar-refractivity contribution in [2.45, 2.75) is 162 Å². The van der Waals surface area contributed by atoms with E-state index in [4.69, 9.17) is 9.84 Å². The number of benzene rings is 1. The van der Waals surface area contributed by atoms with Crippen LogP contribution in [0.25, 0.3) is 0 Å². The van der Waals surface area contributed by atoms with Gasteiger partial charge in [0, 0.05) is 0 Å². The number of ether oxygens (including phenoxy) is 2. The van der Waals surface area contributed by atoms with Gasteiger partial charge in [0.2, 0.25) is 0 Å². The lowest BCUT2D eigenvalue weighted by Gasteiger charge is -2.20. The molecule has 0 aromatic heterocycles. The van der Waals surface area contributed by atoms with Gasteiger partial charge in [0.05, 0.1) is 23.4 Å². The standard InChI is InChI=1S/C13H18O2.C7H14O2.C6H12O2.10CH4/c1-4-13(2,3)12(14)15-10-11-8-6-5-7-9-11;1-5-7(2,3)6(8)9-4;1-4-6(2,3)5(7)8;;;;;;;;;;/h5-9H,4,10H2,1-3H3;5H2,1-4H3;4H2,1-3H3,(H,7,8);10*1H4. The Hall–Kier alpha value is -2.37. The molecule has 6 heteroatoms. The maximum Gasteiger partial charge on any atom is 0.311 e. The van der Waals surface area contributed by atoms with Crippen molar-refractivity contribution in [3.63, 3.8) is 0 Å². The van der Waals surface area contributed by atoms with Crippen molar-refractivity contribution in [2.24, 2.45) is 16.2 Å². The predicted molar refractivity (Wildman–Crippen MR) is 195 cm³/mol. The highest BCUT2D eigenvalue weighted by molar-refractivity contribution is 5.76. The second-order valence-corrected chi connectivity index (χ2v) is 9.57. The van der Waals surface area contributed by atoms with Crippen LogP contribution in [0.2, 0.25) is 0 Å². The van der Waals surface area contributed by atoms with Gasteiger partial charge in [0.1, 0.15) is 6.61 Å². The highest BCUT2D eigenvalue weighted by atomic mass is 16.5. The molecule has 0 saturated carbocycles. The summed E-state index contributed by atoms with van der Waals surface area (Å²) in [7, 11) is 1.42. The van der Waals surface area contributed by atoms with Crippen LogP contribution in [0.1, 0.15) is 161 Å². The van der Waals surface area contributed by atoms with E-state index in [0.29, 0.717) is 13.0 Å². The van der Waals surface area contributed by atoms with Gasteiger partial charge in [-0.25, -0.2) is 0 Å². The molecule has 0 bridgehead atoms. The summed E-state index contributed by atoms with van der Waals surface area (Å²) < 4.78 is 9.81. The van der Waals surface area contributed by atoms with Crippen LogP contribution < -0.4 is 0 Å². The van der Waals surface area contributed by atoms with Crippen LogP contribution in [0.5, 0.6) is 0 Å². The third kappa shape index (κ3) is 32.1. The molecular weight excluding hydrogens is 528 g/mol. The molecule has 0 heterocycles. The molecule has 0 aliphatic heterocycles. The minimum atomic E-state index is -0.722. The fourth-order valence-corrected chi connectivity index (χ4v) is 1.63. The SMILES string of the molecule is C.C.C.C.C.C.C.C.C.C.CCC(C)(C)C(=O)O.CCC(C)(C)C(=O)OC.CCC(C)(C)C(=O)OCc1ccccc1. The topological polar surface area (TPSA) is 89.9 Å². The highest BCUT2D eigenvalue weighted by Crippen LogP contribution is 2.22. The van der Waals surface area contributed by atoms with Gasteiger partial charge in [0.15, 0.2) is 0 Å². The Balaban J connectivity index is -0.0000000301. The molecule has 0 saturated heterocycles.